The van der Waals surface area contributed by atoms with E-state index in [4.69, 9.17) is 32.7 Å². The summed E-state index contributed by atoms with van der Waals surface area (Å²) in [6, 6.07) is 20.1. The number of methoxy groups -OCH3 is 1. The molecule has 4 rings (SSSR count). The predicted molar refractivity (Wildman–Crippen MR) is 162 cm³/mol. The van der Waals surface area contributed by atoms with Crippen molar-refractivity contribution in [1.29, 1.82) is 0 Å². The van der Waals surface area contributed by atoms with E-state index in [0.29, 0.717) is 43.0 Å². The summed E-state index contributed by atoms with van der Waals surface area (Å²) in [4.78, 5) is 31.1. The van der Waals surface area contributed by atoms with Crippen LogP contribution in [0, 0.1) is 0 Å². The lowest BCUT2D eigenvalue weighted by atomic mass is 9.98. The lowest BCUT2D eigenvalue weighted by molar-refractivity contribution is -0.131. The van der Waals surface area contributed by atoms with Crippen molar-refractivity contribution >= 4 is 40.8 Å². The van der Waals surface area contributed by atoms with E-state index in [1.54, 1.807) is 43.5 Å². The van der Waals surface area contributed by atoms with Crippen LogP contribution >= 0.6 is 23.2 Å². The summed E-state index contributed by atoms with van der Waals surface area (Å²) in [5, 5.41) is 10.1. The summed E-state index contributed by atoms with van der Waals surface area (Å²) in [5.74, 6) is -0.996. The number of benzene rings is 3. The number of rotatable bonds is 12. The molecule has 1 fully saturated rings. The van der Waals surface area contributed by atoms with Crippen LogP contribution in [0.4, 0.5) is 5.69 Å². The zero-order valence-corrected chi connectivity index (χ0v) is 24.8. The van der Waals surface area contributed by atoms with Crippen LogP contribution in [0.5, 0.6) is 0 Å². The zero-order chi connectivity index (χ0) is 29.4. The van der Waals surface area contributed by atoms with Gasteiger partial charge in [-0.1, -0.05) is 59.6 Å². The maximum atomic E-state index is 13.8. The van der Waals surface area contributed by atoms with E-state index < -0.39 is 5.97 Å². The number of morpholine rings is 1. The van der Waals surface area contributed by atoms with Crippen molar-refractivity contribution in [1.82, 2.24) is 9.80 Å². The molecule has 1 unspecified atom stereocenters. The molecule has 0 bridgehead atoms. The number of halogens is 2. The summed E-state index contributed by atoms with van der Waals surface area (Å²) in [6.45, 7) is 4.70. The highest BCUT2D eigenvalue weighted by atomic mass is 35.5. The Bertz CT molecular complexity index is 1310. The Morgan fingerprint density at radius 1 is 0.976 bits per heavy atom. The molecule has 8 nitrogen and oxygen atoms in total. The molecule has 0 radical (unpaired) electrons. The average molecular weight is 601 g/mol. The fourth-order valence-electron chi connectivity index (χ4n) is 4.81. The topological polar surface area (TPSA) is 82.5 Å². The van der Waals surface area contributed by atoms with Crippen molar-refractivity contribution in [2.24, 2.45) is 0 Å². The number of hydrogen-bond donors (Lipinski definition) is 1. The Morgan fingerprint density at radius 3 is 2.20 bits per heavy atom. The van der Waals surface area contributed by atoms with Gasteiger partial charge in [0.1, 0.15) is 0 Å². The molecule has 0 aliphatic carbocycles. The van der Waals surface area contributed by atoms with Gasteiger partial charge in [0.2, 0.25) is 5.91 Å². The average Bonchev–Trinajstić information content (AvgIpc) is 2.99. The number of carboxylic acid groups (broad SMARTS) is 1. The number of likely N-dealkylation sites (N-methyl/N-ethyl adjacent to an activating group) is 1. The Labute approximate surface area is 251 Å². The normalized spacial score (nSPS) is 14.4. The number of carbonyl (C=O) groups is 2. The Balaban J connectivity index is 1.56. The third kappa shape index (κ3) is 8.21. The molecule has 0 spiro atoms. The van der Waals surface area contributed by atoms with Crippen LogP contribution in [-0.2, 0) is 14.3 Å². The van der Waals surface area contributed by atoms with E-state index in [0.717, 1.165) is 35.5 Å². The Hall–Kier alpha value is -3.14. The van der Waals surface area contributed by atoms with Crippen molar-refractivity contribution in [3.8, 4) is 11.1 Å². The number of carbonyl (C=O) groups excluding carboxylic acids is 1. The van der Waals surface area contributed by atoms with Crippen LogP contribution < -0.4 is 4.90 Å². The van der Waals surface area contributed by atoms with Gasteiger partial charge in [0.05, 0.1) is 48.0 Å². The molecule has 10 heteroatoms. The van der Waals surface area contributed by atoms with Gasteiger partial charge in [0, 0.05) is 46.0 Å². The minimum Gasteiger partial charge on any atom is -0.478 e. The second-order valence-electron chi connectivity index (χ2n) is 9.95. The monoisotopic (exact) mass is 599 g/mol. The molecule has 1 amide bonds. The maximum absolute atomic E-state index is 13.8. The molecule has 0 aromatic heterocycles. The second-order valence-corrected chi connectivity index (χ2v) is 10.8. The summed E-state index contributed by atoms with van der Waals surface area (Å²) in [5.41, 5.74) is 3.94. The summed E-state index contributed by atoms with van der Waals surface area (Å²) in [7, 11) is 3.47. The molecular formula is C31H35Cl2N3O5. The first-order valence-corrected chi connectivity index (χ1v) is 14.2. The van der Waals surface area contributed by atoms with Gasteiger partial charge in [0.25, 0.3) is 0 Å². The molecule has 3 aromatic rings. The molecule has 41 heavy (non-hydrogen) atoms. The Morgan fingerprint density at radius 2 is 1.61 bits per heavy atom. The smallest absolute Gasteiger partial charge is 0.335 e. The summed E-state index contributed by atoms with van der Waals surface area (Å²) >= 11 is 12.4. The van der Waals surface area contributed by atoms with Gasteiger partial charge in [-0.15, -0.1) is 0 Å². The van der Waals surface area contributed by atoms with Gasteiger partial charge < -0.3 is 24.4 Å². The lowest BCUT2D eigenvalue weighted by Crippen LogP contribution is -2.46. The summed E-state index contributed by atoms with van der Waals surface area (Å²) in [6.07, 6.45) is 0. The number of ether oxygens (including phenoxy) is 2. The van der Waals surface area contributed by atoms with Gasteiger partial charge in [-0.25, -0.2) is 4.79 Å². The van der Waals surface area contributed by atoms with Crippen molar-refractivity contribution < 1.29 is 24.2 Å². The number of nitrogens with zero attached hydrogens (tertiary/aromatic N) is 3. The quantitative estimate of drug-likeness (QED) is 0.301. The third-order valence-electron chi connectivity index (χ3n) is 7.32. The largest absolute Gasteiger partial charge is 0.478 e. The highest BCUT2D eigenvalue weighted by molar-refractivity contribution is 6.42. The van der Waals surface area contributed by atoms with Crippen LogP contribution in [-0.4, -0.2) is 93.5 Å². The molecule has 1 aliphatic heterocycles. The molecule has 1 saturated heterocycles. The van der Waals surface area contributed by atoms with Crippen LogP contribution in [0.2, 0.25) is 10.0 Å². The molecule has 0 saturated carbocycles. The van der Waals surface area contributed by atoms with Gasteiger partial charge in [-0.2, -0.15) is 0 Å². The van der Waals surface area contributed by atoms with Crippen molar-refractivity contribution in [2.75, 3.05) is 71.6 Å². The standard InChI is InChI=1S/C31H35Cl2N3O5/c1-34(30(37)21-36(15-16-40-2)26-11-12-27(32)28(33)19-26)29(20-35-13-17-41-18-14-35)24-7-3-22(4-8-24)23-5-9-25(10-6-23)31(38)39/h3-12,19,29H,13-18,20-21H2,1-2H3,(H,38,39). The molecule has 1 N–H and O–H groups in total. The van der Waals surface area contributed by atoms with E-state index >= 15 is 0 Å². The van der Waals surface area contributed by atoms with E-state index in [1.165, 1.54) is 0 Å². The molecule has 1 atom stereocenters. The first kappa shape index (κ1) is 30.8. The number of amides is 1. The maximum Gasteiger partial charge on any atom is 0.335 e. The van der Waals surface area contributed by atoms with Gasteiger partial charge in [-0.3, -0.25) is 9.69 Å². The van der Waals surface area contributed by atoms with Gasteiger partial charge in [-0.05, 0) is 47.0 Å². The molecule has 1 heterocycles. The van der Waals surface area contributed by atoms with Gasteiger partial charge in [0.15, 0.2) is 0 Å². The van der Waals surface area contributed by atoms with E-state index in [2.05, 4.69) is 4.90 Å². The molecule has 218 valence electrons. The number of anilines is 1. The predicted octanol–water partition coefficient (Wildman–Crippen LogP) is 5.34. The first-order valence-electron chi connectivity index (χ1n) is 13.4. The van der Waals surface area contributed by atoms with Crippen molar-refractivity contribution in [3.05, 3.63) is 87.9 Å². The number of hydrogen-bond acceptors (Lipinski definition) is 6. The van der Waals surface area contributed by atoms with Crippen LogP contribution in [0.3, 0.4) is 0 Å². The fraction of sp³-hybridized carbons (Fsp3) is 0.355. The Kier molecular flexibility index (Phi) is 11.0. The second kappa shape index (κ2) is 14.7. The summed E-state index contributed by atoms with van der Waals surface area (Å²) < 4.78 is 10.8. The van der Waals surface area contributed by atoms with E-state index in [9.17, 15) is 14.7 Å². The number of carboxylic acids is 1. The van der Waals surface area contributed by atoms with Gasteiger partial charge >= 0.3 is 5.97 Å². The highest BCUT2D eigenvalue weighted by Gasteiger charge is 2.27. The minimum atomic E-state index is -0.953. The van der Waals surface area contributed by atoms with Crippen molar-refractivity contribution in [2.45, 2.75) is 6.04 Å². The zero-order valence-electron chi connectivity index (χ0n) is 23.3. The highest BCUT2D eigenvalue weighted by Crippen LogP contribution is 2.29. The van der Waals surface area contributed by atoms with Crippen LogP contribution in [0.1, 0.15) is 22.0 Å². The molecule has 1 aliphatic rings. The van der Waals surface area contributed by atoms with Crippen molar-refractivity contribution in [3.63, 3.8) is 0 Å². The van der Waals surface area contributed by atoms with Crippen LogP contribution in [0.25, 0.3) is 11.1 Å². The minimum absolute atomic E-state index is 0.0428. The molecule has 3 aromatic carbocycles. The first-order chi connectivity index (χ1) is 19.8. The van der Waals surface area contributed by atoms with E-state index in [1.807, 2.05) is 47.2 Å². The van der Waals surface area contributed by atoms with Crippen LogP contribution in [0.15, 0.2) is 66.7 Å². The lowest BCUT2D eigenvalue weighted by Gasteiger charge is -2.36. The fourth-order valence-corrected chi connectivity index (χ4v) is 5.11. The van der Waals surface area contributed by atoms with E-state index in [-0.39, 0.29) is 24.1 Å². The number of aromatic carboxylic acids is 1. The third-order valence-corrected chi connectivity index (χ3v) is 8.06. The molecular weight excluding hydrogens is 565 g/mol. The SMILES string of the molecule is COCCN(CC(=O)N(C)C(CN1CCOCC1)c1ccc(-c2ccc(C(=O)O)cc2)cc1)c1ccc(Cl)c(Cl)c1.